The summed E-state index contributed by atoms with van der Waals surface area (Å²) >= 11 is 0. The van der Waals surface area contributed by atoms with E-state index in [1.165, 1.54) is 11.0 Å². The Kier molecular flexibility index (Phi) is 4.93. The number of methoxy groups -OCH3 is 1. The number of ether oxygens (including phenoxy) is 3. The molecular weight excluding hydrogens is 413 g/mol. The quantitative estimate of drug-likeness (QED) is 0.636. The van der Waals surface area contributed by atoms with E-state index in [1.54, 1.807) is 61.7 Å². The first-order chi connectivity index (χ1) is 15.6. The van der Waals surface area contributed by atoms with Crippen LogP contribution in [-0.2, 0) is 11.3 Å². The summed E-state index contributed by atoms with van der Waals surface area (Å²) in [5, 5.41) is 10.9. The summed E-state index contributed by atoms with van der Waals surface area (Å²) in [5.41, 5.74) is 2.03. The minimum absolute atomic E-state index is 0.142. The molecule has 32 heavy (non-hydrogen) atoms. The van der Waals surface area contributed by atoms with E-state index in [9.17, 15) is 14.3 Å². The summed E-state index contributed by atoms with van der Waals surface area (Å²) in [6.45, 7) is 0.293. The smallest absolute Gasteiger partial charge is 0.290 e. The number of aliphatic hydroxyl groups is 1. The molecule has 0 saturated carbocycles. The molecule has 3 aromatic rings. The van der Waals surface area contributed by atoms with E-state index in [1.807, 2.05) is 6.07 Å². The number of fused-ring (bicyclic) bond motifs is 1. The van der Waals surface area contributed by atoms with Crippen molar-refractivity contribution in [2.24, 2.45) is 0 Å². The van der Waals surface area contributed by atoms with Crippen LogP contribution in [-0.4, -0.2) is 29.8 Å². The van der Waals surface area contributed by atoms with Crippen LogP contribution in [0.1, 0.15) is 22.7 Å². The highest BCUT2D eigenvalue weighted by molar-refractivity contribution is 6.05. The van der Waals surface area contributed by atoms with Gasteiger partial charge < -0.3 is 24.2 Å². The summed E-state index contributed by atoms with van der Waals surface area (Å²) in [6, 6.07) is 17.8. The Morgan fingerprint density at radius 3 is 2.56 bits per heavy atom. The van der Waals surface area contributed by atoms with Gasteiger partial charge in [-0.05, 0) is 41.5 Å². The lowest BCUT2D eigenvalue weighted by Gasteiger charge is -2.28. The van der Waals surface area contributed by atoms with Crippen molar-refractivity contribution in [2.45, 2.75) is 12.6 Å². The van der Waals surface area contributed by atoms with Gasteiger partial charge >= 0.3 is 0 Å². The number of amides is 1. The minimum atomic E-state index is -0.803. The van der Waals surface area contributed by atoms with Crippen molar-refractivity contribution in [1.29, 1.82) is 0 Å². The molecule has 6 nitrogen and oxygen atoms in total. The van der Waals surface area contributed by atoms with Gasteiger partial charge in [-0.3, -0.25) is 4.79 Å². The molecule has 5 rings (SSSR count). The SMILES string of the molecule is COc1ccc(C2=C(O)C(=O)N(Cc3ccc4c(c3)OCO4)C2c2ccccc2F)cc1. The first-order valence-electron chi connectivity index (χ1n) is 10.1. The van der Waals surface area contributed by atoms with Crippen LogP contribution in [0.5, 0.6) is 17.2 Å². The van der Waals surface area contributed by atoms with Gasteiger partial charge in [0.25, 0.3) is 5.91 Å². The standard InChI is InChI=1S/C25H20FNO5/c1-30-17-9-7-16(8-10-17)22-23(18-4-2-3-5-19(18)26)27(25(29)24(22)28)13-15-6-11-20-21(12-15)32-14-31-20/h2-12,23,28H,13-14H2,1H3. The Morgan fingerprint density at radius 2 is 1.81 bits per heavy atom. The van der Waals surface area contributed by atoms with Crippen molar-refractivity contribution in [3.63, 3.8) is 0 Å². The molecule has 7 heteroatoms. The zero-order valence-corrected chi connectivity index (χ0v) is 17.2. The first kappa shape index (κ1) is 19.9. The van der Waals surface area contributed by atoms with Crippen LogP contribution in [0.2, 0.25) is 0 Å². The van der Waals surface area contributed by atoms with Gasteiger partial charge in [-0.25, -0.2) is 4.39 Å². The Labute approximate surface area is 184 Å². The van der Waals surface area contributed by atoms with Crippen LogP contribution in [0.3, 0.4) is 0 Å². The van der Waals surface area contributed by atoms with Gasteiger partial charge in [0.05, 0.1) is 13.2 Å². The van der Waals surface area contributed by atoms with Crippen LogP contribution >= 0.6 is 0 Å². The molecule has 1 N–H and O–H groups in total. The third-order valence-electron chi connectivity index (χ3n) is 5.69. The van der Waals surface area contributed by atoms with Gasteiger partial charge in [-0.15, -0.1) is 0 Å². The zero-order chi connectivity index (χ0) is 22.2. The monoisotopic (exact) mass is 433 g/mol. The highest BCUT2D eigenvalue weighted by Crippen LogP contribution is 2.45. The molecule has 1 atom stereocenters. The predicted molar refractivity (Wildman–Crippen MR) is 115 cm³/mol. The van der Waals surface area contributed by atoms with Crippen molar-refractivity contribution >= 4 is 11.5 Å². The molecule has 1 amide bonds. The zero-order valence-electron chi connectivity index (χ0n) is 17.2. The van der Waals surface area contributed by atoms with Gasteiger partial charge in [0, 0.05) is 17.7 Å². The fourth-order valence-electron chi connectivity index (χ4n) is 4.14. The van der Waals surface area contributed by atoms with Crippen molar-refractivity contribution in [1.82, 2.24) is 4.90 Å². The lowest BCUT2D eigenvalue weighted by atomic mass is 9.93. The van der Waals surface area contributed by atoms with Crippen LogP contribution in [0.25, 0.3) is 5.57 Å². The van der Waals surface area contributed by atoms with Gasteiger partial charge in [0.1, 0.15) is 11.6 Å². The number of rotatable bonds is 5. The van der Waals surface area contributed by atoms with Crippen molar-refractivity contribution < 1.29 is 28.5 Å². The topological polar surface area (TPSA) is 68.2 Å². The number of nitrogens with zero attached hydrogens (tertiary/aromatic N) is 1. The molecule has 0 aromatic heterocycles. The Bertz CT molecular complexity index is 1220. The molecular formula is C25H20FNO5. The van der Waals surface area contributed by atoms with E-state index in [0.717, 1.165) is 5.56 Å². The number of benzene rings is 3. The Morgan fingerprint density at radius 1 is 1.06 bits per heavy atom. The number of hydrogen-bond donors (Lipinski definition) is 1. The van der Waals surface area contributed by atoms with Gasteiger partial charge in [0.2, 0.25) is 6.79 Å². The molecule has 0 fully saturated rings. The van der Waals surface area contributed by atoms with Gasteiger partial charge in [-0.1, -0.05) is 36.4 Å². The fourth-order valence-corrected chi connectivity index (χ4v) is 4.14. The van der Waals surface area contributed by atoms with Crippen LogP contribution < -0.4 is 14.2 Å². The summed E-state index contributed by atoms with van der Waals surface area (Å²) < 4.78 is 30.9. The van der Waals surface area contributed by atoms with Gasteiger partial charge in [0.15, 0.2) is 17.3 Å². The number of carbonyl (C=O) groups is 1. The molecule has 0 saturated heterocycles. The normalized spacial score (nSPS) is 17.2. The minimum Gasteiger partial charge on any atom is -0.503 e. The molecule has 0 bridgehead atoms. The highest BCUT2D eigenvalue weighted by Gasteiger charge is 2.42. The molecule has 3 aromatic carbocycles. The van der Waals surface area contributed by atoms with Crippen LogP contribution in [0.4, 0.5) is 4.39 Å². The molecule has 0 radical (unpaired) electrons. The lowest BCUT2D eigenvalue weighted by molar-refractivity contribution is -0.130. The largest absolute Gasteiger partial charge is 0.503 e. The molecule has 0 aliphatic carbocycles. The summed E-state index contributed by atoms with van der Waals surface area (Å²) in [6.07, 6.45) is 0. The van der Waals surface area contributed by atoms with Crippen molar-refractivity contribution in [3.8, 4) is 17.2 Å². The maximum Gasteiger partial charge on any atom is 0.290 e. The first-order valence-corrected chi connectivity index (χ1v) is 10.1. The summed E-state index contributed by atoms with van der Waals surface area (Å²) in [5.74, 6) is 0.432. The van der Waals surface area contributed by atoms with E-state index in [-0.39, 0.29) is 13.3 Å². The second-order valence-electron chi connectivity index (χ2n) is 7.54. The van der Waals surface area contributed by atoms with E-state index in [2.05, 4.69) is 0 Å². The van der Waals surface area contributed by atoms with E-state index in [4.69, 9.17) is 14.2 Å². The van der Waals surface area contributed by atoms with E-state index in [0.29, 0.717) is 33.9 Å². The van der Waals surface area contributed by atoms with Crippen LogP contribution in [0.15, 0.2) is 72.5 Å². The number of hydrogen-bond acceptors (Lipinski definition) is 5. The fraction of sp³-hybridized carbons (Fsp3) is 0.160. The molecule has 2 aliphatic rings. The average molecular weight is 433 g/mol. The third-order valence-corrected chi connectivity index (χ3v) is 5.69. The van der Waals surface area contributed by atoms with E-state index >= 15 is 0 Å². The predicted octanol–water partition coefficient (Wildman–Crippen LogP) is 4.62. The average Bonchev–Trinajstić information content (AvgIpc) is 3.37. The lowest BCUT2D eigenvalue weighted by Crippen LogP contribution is -2.30. The summed E-state index contributed by atoms with van der Waals surface area (Å²) in [7, 11) is 1.56. The Hall–Kier alpha value is -4.00. The maximum atomic E-state index is 14.9. The molecule has 2 aliphatic heterocycles. The maximum absolute atomic E-state index is 14.9. The van der Waals surface area contributed by atoms with E-state index < -0.39 is 23.5 Å². The second-order valence-corrected chi connectivity index (χ2v) is 7.54. The summed E-state index contributed by atoms with van der Waals surface area (Å²) in [4.78, 5) is 14.6. The second kappa shape index (κ2) is 7.92. The van der Waals surface area contributed by atoms with Crippen molar-refractivity contribution in [3.05, 3.63) is 95.0 Å². The number of carbonyl (C=O) groups excluding carboxylic acids is 1. The highest BCUT2D eigenvalue weighted by atomic mass is 19.1. The molecule has 162 valence electrons. The molecule has 2 heterocycles. The van der Waals surface area contributed by atoms with Gasteiger partial charge in [-0.2, -0.15) is 0 Å². The Balaban J connectivity index is 1.58. The van der Waals surface area contributed by atoms with Crippen LogP contribution in [0, 0.1) is 5.82 Å². The third kappa shape index (κ3) is 3.32. The number of halogens is 1. The molecule has 1 unspecified atom stereocenters. The van der Waals surface area contributed by atoms with Crippen molar-refractivity contribution in [2.75, 3.05) is 13.9 Å². The number of aliphatic hydroxyl groups excluding tert-OH is 1. The molecule has 0 spiro atoms.